The third kappa shape index (κ3) is 3.16. The average Bonchev–Trinajstić information content (AvgIpc) is 3.43. The predicted octanol–water partition coefficient (Wildman–Crippen LogP) is 1.76. The maximum Gasteiger partial charge on any atom is 0.323 e. The Hall–Kier alpha value is -4.25. The van der Waals surface area contributed by atoms with Gasteiger partial charge in [-0.2, -0.15) is 0 Å². The van der Waals surface area contributed by atoms with Gasteiger partial charge in [0.1, 0.15) is 5.75 Å². The molecule has 8 heteroatoms. The minimum Gasteiger partial charge on any atom is -0.497 e. The van der Waals surface area contributed by atoms with Crippen LogP contribution in [0.15, 0.2) is 48.7 Å². The number of fused-ring (bicyclic) bond motifs is 2. The molecule has 0 saturated carbocycles. The summed E-state index contributed by atoms with van der Waals surface area (Å²) in [7, 11) is 1.53. The number of H-pyrrole nitrogens is 1. The summed E-state index contributed by atoms with van der Waals surface area (Å²) >= 11 is 0. The Morgan fingerprint density at radius 1 is 1.13 bits per heavy atom. The van der Waals surface area contributed by atoms with E-state index in [-0.39, 0.29) is 12.5 Å². The molecule has 154 valence electrons. The molecule has 31 heavy (non-hydrogen) atoms. The monoisotopic (exact) mass is 414 g/mol. The van der Waals surface area contributed by atoms with Crippen molar-refractivity contribution in [2.45, 2.75) is 12.1 Å². The van der Waals surface area contributed by atoms with Crippen molar-refractivity contribution >= 4 is 28.7 Å². The van der Waals surface area contributed by atoms with Crippen molar-refractivity contribution in [1.82, 2.24) is 20.5 Å². The average molecular weight is 414 g/mol. The topological polar surface area (TPSA) is 104 Å². The fraction of sp³-hybridized carbons (Fsp3) is 0.174. The predicted molar refractivity (Wildman–Crippen MR) is 112 cm³/mol. The lowest BCUT2D eigenvalue weighted by Crippen LogP contribution is -2.54. The number of hydrogen-bond acceptors (Lipinski definition) is 4. The van der Waals surface area contributed by atoms with Crippen LogP contribution in [0.25, 0.3) is 10.9 Å². The van der Waals surface area contributed by atoms with Crippen molar-refractivity contribution in [3.05, 3.63) is 65.4 Å². The largest absolute Gasteiger partial charge is 0.497 e. The van der Waals surface area contributed by atoms with Gasteiger partial charge in [-0.1, -0.05) is 17.9 Å². The molecule has 1 atom stereocenters. The van der Waals surface area contributed by atoms with E-state index in [0.717, 1.165) is 16.5 Å². The fourth-order valence-corrected chi connectivity index (χ4v) is 3.92. The number of ether oxygens (including phenoxy) is 1. The summed E-state index contributed by atoms with van der Waals surface area (Å²) in [6, 6.07) is 12.2. The molecule has 0 radical (unpaired) electrons. The number of aromatic amines is 1. The van der Waals surface area contributed by atoms with Gasteiger partial charge in [-0.05, 0) is 42.0 Å². The Bertz CT molecular complexity index is 1320. The molecule has 0 spiro atoms. The molecule has 2 aliphatic heterocycles. The lowest BCUT2D eigenvalue weighted by molar-refractivity contribution is -0.122. The summed E-state index contributed by atoms with van der Waals surface area (Å²) in [5, 5.41) is 5.85. The normalized spacial score (nSPS) is 19.6. The number of imide groups is 1. The quantitative estimate of drug-likeness (QED) is 0.449. The second-order valence-electron chi connectivity index (χ2n) is 7.53. The van der Waals surface area contributed by atoms with E-state index in [1.165, 1.54) is 12.0 Å². The Morgan fingerprint density at radius 2 is 2.00 bits per heavy atom. The molecular weight excluding hydrogens is 396 g/mol. The van der Waals surface area contributed by atoms with Gasteiger partial charge in [0.2, 0.25) is 5.54 Å². The number of benzene rings is 2. The molecule has 5 rings (SSSR count). The summed E-state index contributed by atoms with van der Waals surface area (Å²) in [6.45, 7) is 0.250. The highest BCUT2D eigenvalue weighted by Crippen LogP contribution is 2.28. The number of amides is 4. The van der Waals surface area contributed by atoms with Crippen molar-refractivity contribution < 1.29 is 19.1 Å². The van der Waals surface area contributed by atoms with Crippen LogP contribution in [0.4, 0.5) is 4.79 Å². The number of nitrogens with zero attached hydrogens (tertiary/aromatic N) is 1. The summed E-state index contributed by atoms with van der Waals surface area (Å²) in [6.07, 6.45) is 1.83. The highest BCUT2D eigenvalue weighted by atomic mass is 16.5. The van der Waals surface area contributed by atoms with Crippen molar-refractivity contribution in [2.24, 2.45) is 0 Å². The lowest BCUT2D eigenvalue weighted by Gasteiger charge is -2.26. The zero-order chi connectivity index (χ0) is 21.6. The first kappa shape index (κ1) is 18.8. The fourth-order valence-electron chi connectivity index (χ4n) is 3.92. The minimum atomic E-state index is -1.54. The maximum atomic E-state index is 12.9. The molecule has 1 saturated heterocycles. The van der Waals surface area contributed by atoms with E-state index in [2.05, 4.69) is 27.5 Å². The Kier molecular flexibility index (Phi) is 4.19. The Balaban J connectivity index is 1.47. The Morgan fingerprint density at radius 3 is 2.77 bits per heavy atom. The molecule has 8 nitrogen and oxygen atoms in total. The summed E-state index contributed by atoms with van der Waals surface area (Å²) < 4.78 is 5.20. The number of aromatic nitrogens is 1. The first-order valence-corrected chi connectivity index (χ1v) is 9.67. The summed E-state index contributed by atoms with van der Waals surface area (Å²) in [5.74, 6) is 5.68. The molecule has 3 aromatic rings. The minimum absolute atomic E-state index is 0.0696. The van der Waals surface area contributed by atoms with E-state index in [9.17, 15) is 14.4 Å². The van der Waals surface area contributed by atoms with Gasteiger partial charge in [-0.3, -0.25) is 14.9 Å². The second-order valence-corrected chi connectivity index (χ2v) is 7.53. The van der Waals surface area contributed by atoms with Crippen LogP contribution in [0.2, 0.25) is 0 Å². The van der Waals surface area contributed by atoms with Gasteiger partial charge in [0, 0.05) is 34.8 Å². The number of carbonyl (C=O) groups is 3. The van der Waals surface area contributed by atoms with E-state index in [1.54, 1.807) is 12.1 Å². The van der Waals surface area contributed by atoms with Crippen LogP contribution in [0, 0.1) is 11.8 Å². The zero-order valence-electron chi connectivity index (χ0n) is 16.6. The maximum absolute atomic E-state index is 12.9. The molecule has 3 heterocycles. The van der Waals surface area contributed by atoms with E-state index in [4.69, 9.17) is 4.74 Å². The summed E-state index contributed by atoms with van der Waals surface area (Å²) in [4.78, 5) is 42.2. The number of hydrogen-bond donors (Lipinski definition) is 3. The van der Waals surface area contributed by atoms with E-state index >= 15 is 0 Å². The molecule has 2 aromatic carbocycles. The first-order valence-electron chi connectivity index (χ1n) is 9.67. The van der Waals surface area contributed by atoms with Crippen molar-refractivity contribution in [3.63, 3.8) is 0 Å². The zero-order valence-corrected chi connectivity index (χ0v) is 16.6. The first-order chi connectivity index (χ1) is 15.0. The van der Waals surface area contributed by atoms with Gasteiger partial charge >= 0.3 is 6.03 Å². The smallest absolute Gasteiger partial charge is 0.323 e. The van der Waals surface area contributed by atoms with E-state index in [1.807, 2.05) is 36.5 Å². The number of nitrogens with one attached hydrogen (secondary N) is 3. The second kappa shape index (κ2) is 6.92. The van der Waals surface area contributed by atoms with Crippen molar-refractivity contribution in [1.29, 1.82) is 0 Å². The lowest BCUT2D eigenvalue weighted by atomic mass is 9.99. The molecule has 0 bridgehead atoms. The third-order valence-corrected chi connectivity index (χ3v) is 5.54. The highest BCUT2D eigenvalue weighted by molar-refractivity contribution is 6.10. The van der Waals surface area contributed by atoms with Crippen LogP contribution >= 0.6 is 0 Å². The molecule has 0 aliphatic carbocycles. The highest BCUT2D eigenvalue weighted by Gasteiger charge is 2.48. The molecule has 0 unspecified atom stereocenters. The molecular formula is C23H18N4O4. The van der Waals surface area contributed by atoms with Crippen LogP contribution in [-0.4, -0.2) is 46.9 Å². The van der Waals surface area contributed by atoms with Crippen LogP contribution in [0.5, 0.6) is 5.75 Å². The van der Waals surface area contributed by atoms with Crippen molar-refractivity contribution in [3.8, 4) is 17.6 Å². The molecule has 1 fully saturated rings. The number of carbonyl (C=O) groups excluding carboxylic acids is 3. The Labute approximate surface area is 177 Å². The van der Waals surface area contributed by atoms with Gasteiger partial charge in [-0.15, -0.1) is 0 Å². The third-order valence-electron chi connectivity index (χ3n) is 5.54. The molecule has 1 aromatic heterocycles. The van der Waals surface area contributed by atoms with Gasteiger partial charge < -0.3 is 19.9 Å². The number of urea groups is 1. The standard InChI is InChI=1S/C23H18N4O4/c1-31-17-4-3-16-12-27(20(28)18(16)11-17)13-23(21(29)25-22(30)26-23)8-6-14-2-5-19-15(10-14)7-9-24-19/h2-5,7,9-11,24H,12-13H2,1H3,(H2,25,26,29,30)/t23-/m1/s1. The molecule has 2 aliphatic rings. The molecule has 3 N–H and O–H groups in total. The van der Waals surface area contributed by atoms with E-state index < -0.39 is 17.5 Å². The van der Waals surface area contributed by atoms with Crippen LogP contribution in [0.3, 0.4) is 0 Å². The van der Waals surface area contributed by atoms with Gasteiger partial charge in [0.25, 0.3) is 11.8 Å². The van der Waals surface area contributed by atoms with E-state index in [0.29, 0.717) is 23.4 Å². The van der Waals surface area contributed by atoms with Crippen LogP contribution in [-0.2, 0) is 11.3 Å². The van der Waals surface area contributed by atoms with Crippen LogP contribution < -0.4 is 15.4 Å². The van der Waals surface area contributed by atoms with Crippen molar-refractivity contribution in [2.75, 3.05) is 13.7 Å². The summed E-state index contributed by atoms with van der Waals surface area (Å²) in [5.41, 5.74) is 1.48. The number of rotatable bonds is 3. The van der Waals surface area contributed by atoms with Gasteiger partial charge in [0.15, 0.2) is 0 Å². The van der Waals surface area contributed by atoms with Gasteiger partial charge in [-0.25, -0.2) is 4.79 Å². The van der Waals surface area contributed by atoms with Gasteiger partial charge in [0.05, 0.1) is 13.7 Å². The SMILES string of the molecule is COc1ccc2c(c1)C(=O)N(C[C@@]1(C#Cc3ccc4[nH]ccc4c3)NC(=O)NC1=O)C2. The number of methoxy groups -OCH3 is 1. The van der Waals surface area contributed by atoms with Crippen LogP contribution in [0.1, 0.15) is 21.5 Å². The molecule has 4 amide bonds.